The first-order valence-electron chi connectivity index (χ1n) is 13.0. The molecule has 0 saturated carbocycles. The third-order valence-corrected chi connectivity index (χ3v) is 6.90. The van der Waals surface area contributed by atoms with Gasteiger partial charge in [-0.2, -0.15) is 0 Å². The number of carbonyl (C=O) groups is 3. The molecule has 0 saturated heterocycles. The Bertz CT molecular complexity index is 1560. The lowest BCUT2D eigenvalue weighted by Crippen LogP contribution is -2.29. The van der Waals surface area contributed by atoms with Gasteiger partial charge in [-0.3, -0.25) is 14.6 Å². The maximum atomic E-state index is 13.4. The minimum absolute atomic E-state index is 0.00604. The fourth-order valence-corrected chi connectivity index (χ4v) is 4.65. The van der Waals surface area contributed by atoms with Gasteiger partial charge in [0.1, 0.15) is 18.4 Å². The minimum Gasteiger partial charge on any atom is -0.465 e. The number of hydrogen-bond donors (Lipinski definition) is 1. The molecule has 41 heavy (non-hydrogen) atoms. The molecule has 0 spiro atoms. The molecule has 2 aliphatic heterocycles. The van der Waals surface area contributed by atoms with Crippen LogP contribution in [-0.2, 0) is 14.3 Å². The van der Waals surface area contributed by atoms with E-state index >= 15 is 0 Å². The van der Waals surface area contributed by atoms with E-state index in [1.807, 2.05) is 37.2 Å². The summed E-state index contributed by atoms with van der Waals surface area (Å²) in [4.78, 5) is 46.6. The van der Waals surface area contributed by atoms with Gasteiger partial charge in [-0.25, -0.2) is 4.79 Å². The SMILES string of the molecule is COC(=O)c1ccc2c(c1)NC(=O)C2C(=Nc1ccc(N(C)C(=O)CCN(C)C)cc1)c1ccc2c(c1)OC=CO2. The number of carbonyl (C=O) groups excluding carboxylic acids is 3. The third kappa shape index (κ3) is 5.82. The van der Waals surface area contributed by atoms with Crippen molar-refractivity contribution >= 4 is 40.6 Å². The Morgan fingerprint density at radius 2 is 1.63 bits per heavy atom. The zero-order valence-corrected chi connectivity index (χ0v) is 23.2. The Kier molecular flexibility index (Phi) is 7.84. The molecule has 0 aliphatic carbocycles. The Morgan fingerprint density at radius 1 is 0.927 bits per heavy atom. The van der Waals surface area contributed by atoms with Crippen molar-refractivity contribution in [3.05, 3.63) is 89.9 Å². The highest BCUT2D eigenvalue weighted by Gasteiger charge is 2.36. The lowest BCUT2D eigenvalue weighted by atomic mass is 9.90. The minimum atomic E-state index is -0.759. The normalized spacial score (nSPS) is 15.4. The second kappa shape index (κ2) is 11.6. The summed E-state index contributed by atoms with van der Waals surface area (Å²) >= 11 is 0. The van der Waals surface area contributed by atoms with E-state index in [9.17, 15) is 14.4 Å². The molecule has 5 rings (SSSR count). The molecule has 0 fully saturated rings. The Morgan fingerprint density at radius 3 is 2.34 bits per heavy atom. The van der Waals surface area contributed by atoms with Crippen molar-refractivity contribution in [3.8, 4) is 11.5 Å². The van der Waals surface area contributed by atoms with Crippen LogP contribution in [0.3, 0.4) is 0 Å². The van der Waals surface area contributed by atoms with E-state index in [2.05, 4.69) is 5.32 Å². The molecule has 1 N–H and O–H groups in total. The number of esters is 1. The molecule has 10 heteroatoms. The van der Waals surface area contributed by atoms with Crippen LogP contribution in [0.4, 0.5) is 17.1 Å². The first kappa shape index (κ1) is 27.6. The highest BCUT2D eigenvalue weighted by atomic mass is 16.5. The van der Waals surface area contributed by atoms with Gasteiger partial charge in [0.25, 0.3) is 0 Å². The molecular weight excluding hydrogens is 524 g/mol. The molecule has 10 nitrogen and oxygen atoms in total. The Labute approximate surface area is 237 Å². The van der Waals surface area contributed by atoms with E-state index in [4.69, 9.17) is 19.2 Å². The highest BCUT2D eigenvalue weighted by molar-refractivity contribution is 6.24. The van der Waals surface area contributed by atoms with Crippen molar-refractivity contribution in [2.24, 2.45) is 4.99 Å². The van der Waals surface area contributed by atoms with E-state index in [0.717, 1.165) is 5.69 Å². The van der Waals surface area contributed by atoms with Gasteiger partial charge in [0, 0.05) is 37.0 Å². The van der Waals surface area contributed by atoms with Crippen molar-refractivity contribution in [1.82, 2.24) is 4.90 Å². The largest absolute Gasteiger partial charge is 0.465 e. The average molecular weight is 555 g/mol. The lowest BCUT2D eigenvalue weighted by Gasteiger charge is -2.19. The summed E-state index contributed by atoms with van der Waals surface area (Å²) in [7, 11) is 6.91. The fraction of sp³-hybridized carbons (Fsp3) is 0.226. The van der Waals surface area contributed by atoms with Crippen LogP contribution in [0, 0.1) is 0 Å². The third-order valence-electron chi connectivity index (χ3n) is 6.90. The highest BCUT2D eigenvalue weighted by Crippen LogP contribution is 2.39. The number of nitrogens with zero attached hydrogens (tertiary/aromatic N) is 3. The van der Waals surface area contributed by atoms with E-state index in [1.165, 1.54) is 19.6 Å². The first-order chi connectivity index (χ1) is 19.7. The molecular formula is C31H30N4O6. The van der Waals surface area contributed by atoms with Gasteiger partial charge in [0.2, 0.25) is 11.8 Å². The number of rotatable bonds is 8. The first-order valence-corrected chi connectivity index (χ1v) is 13.0. The molecule has 3 aromatic rings. The lowest BCUT2D eigenvalue weighted by molar-refractivity contribution is -0.118. The monoisotopic (exact) mass is 554 g/mol. The van der Waals surface area contributed by atoms with Crippen LogP contribution in [0.15, 0.2) is 78.2 Å². The number of amides is 2. The summed E-state index contributed by atoms with van der Waals surface area (Å²) in [5.41, 5.74) is 4.00. The van der Waals surface area contributed by atoms with Gasteiger partial charge in [-0.05, 0) is 74.3 Å². The van der Waals surface area contributed by atoms with Crippen molar-refractivity contribution < 1.29 is 28.6 Å². The summed E-state index contributed by atoms with van der Waals surface area (Å²) in [6.07, 6.45) is 3.28. The molecule has 3 aromatic carbocycles. The molecule has 0 bridgehead atoms. The predicted molar refractivity (Wildman–Crippen MR) is 155 cm³/mol. The standard InChI is InChI=1S/C31H30N4O6/c1-34(2)14-13-27(36)35(3)22-9-7-21(8-10-22)32-29(19-6-12-25-26(18-19)41-16-15-40-25)28-23-11-5-20(31(38)39-4)17-24(23)33-30(28)37/h5-12,15-18,28H,13-14H2,1-4H3,(H,33,37). The van der Waals surface area contributed by atoms with Crippen LogP contribution in [0.5, 0.6) is 11.5 Å². The van der Waals surface area contributed by atoms with Crippen LogP contribution in [0.2, 0.25) is 0 Å². The maximum absolute atomic E-state index is 13.4. The Hall–Kier alpha value is -4.96. The summed E-state index contributed by atoms with van der Waals surface area (Å²) in [5, 5.41) is 2.88. The van der Waals surface area contributed by atoms with E-state index < -0.39 is 11.9 Å². The number of ether oxygens (including phenoxy) is 3. The van der Waals surface area contributed by atoms with Crippen LogP contribution < -0.4 is 19.7 Å². The smallest absolute Gasteiger partial charge is 0.337 e. The van der Waals surface area contributed by atoms with E-state index in [1.54, 1.807) is 54.4 Å². The molecule has 1 atom stereocenters. The summed E-state index contributed by atoms with van der Waals surface area (Å²) in [6.45, 7) is 0.659. The molecule has 2 amide bonds. The van der Waals surface area contributed by atoms with Crippen molar-refractivity contribution in [1.29, 1.82) is 0 Å². The number of fused-ring (bicyclic) bond motifs is 2. The zero-order valence-electron chi connectivity index (χ0n) is 23.2. The van der Waals surface area contributed by atoms with E-state index in [-0.39, 0.29) is 11.8 Å². The Balaban J connectivity index is 1.52. The van der Waals surface area contributed by atoms with Gasteiger partial charge in [-0.1, -0.05) is 6.07 Å². The number of benzene rings is 3. The zero-order chi connectivity index (χ0) is 29.1. The van der Waals surface area contributed by atoms with Crippen LogP contribution in [-0.4, -0.2) is 63.2 Å². The van der Waals surface area contributed by atoms with Crippen LogP contribution in [0.25, 0.3) is 0 Å². The topological polar surface area (TPSA) is 110 Å². The summed E-state index contributed by atoms with van der Waals surface area (Å²) in [6, 6.07) is 17.6. The molecule has 2 heterocycles. The molecule has 1 unspecified atom stereocenters. The number of methoxy groups -OCH3 is 1. The number of nitrogens with one attached hydrogen (secondary N) is 1. The van der Waals surface area contributed by atoms with Crippen LogP contribution >= 0.6 is 0 Å². The maximum Gasteiger partial charge on any atom is 0.337 e. The molecule has 0 radical (unpaired) electrons. The van der Waals surface area contributed by atoms with Crippen molar-refractivity contribution in [2.45, 2.75) is 12.3 Å². The van der Waals surface area contributed by atoms with Gasteiger partial charge >= 0.3 is 5.97 Å². The molecule has 0 aromatic heterocycles. The number of aliphatic imine (C=N–C) groups is 1. The van der Waals surface area contributed by atoms with Crippen molar-refractivity contribution in [2.75, 3.05) is 45.0 Å². The fourth-order valence-electron chi connectivity index (χ4n) is 4.65. The van der Waals surface area contributed by atoms with Crippen LogP contribution in [0.1, 0.15) is 33.8 Å². The predicted octanol–water partition coefficient (Wildman–Crippen LogP) is 4.49. The van der Waals surface area contributed by atoms with Gasteiger partial charge < -0.3 is 29.3 Å². The van der Waals surface area contributed by atoms with Gasteiger partial charge in [0.05, 0.1) is 24.1 Å². The number of hydrogen-bond acceptors (Lipinski definition) is 8. The van der Waals surface area contributed by atoms with E-state index in [0.29, 0.717) is 58.2 Å². The molecule has 2 aliphatic rings. The van der Waals surface area contributed by atoms with Gasteiger partial charge in [0.15, 0.2) is 11.5 Å². The number of anilines is 2. The van der Waals surface area contributed by atoms with Crippen molar-refractivity contribution in [3.63, 3.8) is 0 Å². The second-order valence-electron chi connectivity index (χ2n) is 9.90. The average Bonchev–Trinajstić information content (AvgIpc) is 3.32. The second-order valence-corrected chi connectivity index (χ2v) is 9.90. The van der Waals surface area contributed by atoms with Gasteiger partial charge in [-0.15, -0.1) is 0 Å². The quantitative estimate of drug-likeness (QED) is 0.323. The summed E-state index contributed by atoms with van der Waals surface area (Å²) in [5.74, 6) is -0.495. The molecule has 210 valence electrons. The summed E-state index contributed by atoms with van der Waals surface area (Å²) < 4.78 is 16.0.